The maximum absolute atomic E-state index is 16.3. The Kier molecular flexibility index (Phi) is 9.37. The van der Waals surface area contributed by atoms with Gasteiger partial charge in [-0.05, 0) is 97.7 Å². The number of likely N-dealkylation sites (tertiary alicyclic amines) is 2. The molecule has 3 saturated carbocycles. The fourth-order valence-corrected chi connectivity index (χ4v) is 10.2. The predicted octanol–water partition coefficient (Wildman–Crippen LogP) is 3.79. The van der Waals surface area contributed by atoms with E-state index in [0.29, 0.717) is 37.4 Å². The highest BCUT2D eigenvalue weighted by Crippen LogP contribution is 2.50. The van der Waals surface area contributed by atoms with Gasteiger partial charge >= 0.3 is 6.09 Å². The molecule has 0 radical (unpaired) electrons. The summed E-state index contributed by atoms with van der Waals surface area (Å²) in [6.07, 6.45) is 10.6. The lowest BCUT2D eigenvalue weighted by molar-refractivity contribution is -0.208. The molecule has 4 aliphatic heterocycles. The van der Waals surface area contributed by atoms with Crippen molar-refractivity contribution in [1.29, 1.82) is 0 Å². The van der Waals surface area contributed by atoms with Gasteiger partial charge < -0.3 is 34.8 Å². The first-order valence-corrected chi connectivity index (χ1v) is 18.5. The molecule has 47 heavy (non-hydrogen) atoms. The average Bonchev–Trinajstić information content (AvgIpc) is 3.66. The van der Waals surface area contributed by atoms with Crippen LogP contribution in [-0.2, 0) is 19.1 Å². The quantitative estimate of drug-likeness (QED) is 0.417. The van der Waals surface area contributed by atoms with E-state index in [0.717, 1.165) is 32.4 Å². The van der Waals surface area contributed by atoms with Crippen molar-refractivity contribution in [3.63, 3.8) is 0 Å². The van der Waals surface area contributed by atoms with Gasteiger partial charge in [0, 0.05) is 31.2 Å². The summed E-state index contributed by atoms with van der Waals surface area (Å²) in [5, 5.41) is 6.46. The number of ketones is 1. The molecule has 7 rings (SSSR count). The molecular weight excluding hydrogens is 601 g/mol. The zero-order chi connectivity index (χ0) is 33.0. The third kappa shape index (κ3) is 6.70. The monoisotopic (exact) mass is 657 g/mol. The number of carbonyl (C=O) groups is 3. The molecule has 2 N–H and O–H groups in total. The van der Waals surface area contributed by atoms with Gasteiger partial charge in [-0.15, -0.1) is 0 Å². The molecule has 4 heterocycles. The van der Waals surface area contributed by atoms with Crippen LogP contribution in [-0.4, -0.2) is 120 Å². The Morgan fingerprint density at radius 2 is 1.81 bits per heavy atom. The third-order valence-electron chi connectivity index (χ3n) is 12.4. The van der Waals surface area contributed by atoms with Crippen LogP contribution in [0.5, 0.6) is 0 Å². The van der Waals surface area contributed by atoms with Crippen molar-refractivity contribution in [2.75, 3.05) is 33.2 Å². The largest absolute Gasteiger partial charge is 0.444 e. The minimum atomic E-state index is -1.24. The van der Waals surface area contributed by atoms with E-state index in [4.69, 9.17) is 9.47 Å². The number of ether oxygens (including phenoxy) is 2. The lowest BCUT2D eigenvalue weighted by atomic mass is 9.65. The fourth-order valence-electron chi connectivity index (χ4n) is 10.2. The SMILES string of the molecule is CN1CCCC1CCNC1C(F)CC2C(=O)C(C(=O)N3CC[C@@H](NC(=O)OC(C)(C)C)C3)=CN3C4CC5CCCCC5CC4OC1C23. The highest BCUT2D eigenvalue weighted by Gasteiger charge is 2.60. The highest BCUT2D eigenvalue weighted by atomic mass is 19.1. The number of carbonyl (C=O) groups excluding carboxylic acids is 3. The number of hydrogen-bond donors (Lipinski definition) is 2. The minimum absolute atomic E-state index is 0.0400. The van der Waals surface area contributed by atoms with E-state index in [-0.39, 0.29) is 47.9 Å². The molecule has 11 atom stereocenters. The van der Waals surface area contributed by atoms with Crippen molar-refractivity contribution in [3.8, 4) is 0 Å². The molecule has 2 amide bonds. The summed E-state index contributed by atoms with van der Waals surface area (Å²) in [5.41, 5.74) is -0.453. The number of alkyl halides is 1. The van der Waals surface area contributed by atoms with Crippen molar-refractivity contribution in [3.05, 3.63) is 11.8 Å². The molecule has 0 bridgehead atoms. The standard InChI is InChI=1S/C36H56FN5O5/c1-36(2,3)47-35(45)39-23-12-15-41(19-23)34(44)26-20-42-28-16-21-8-5-6-9-22(21)17-29(28)46-33-30(27(37)18-25(31(33)42)32(26)43)38-13-11-24-10-7-14-40(24)4/h20-25,27-31,33,38H,5-19H2,1-4H3,(H,39,45)/t21?,22?,23-,24?,25?,27?,28?,29?,30?,31?,33?/m1/s1. The van der Waals surface area contributed by atoms with Crippen LogP contribution >= 0.6 is 0 Å². The molecule has 6 fully saturated rings. The number of amides is 2. The topological polar surface area (TPSA) is 103 Å². The Morgan fingerprint density at radius 3 is 2.53 bits per heavy atom. The molecule has 262 valence electrons. The molecule has 11 heteroatoms. The van der Waals surface area contributed by atoms with E-state index >= 15 is 4.39 Å². The van der Waals surface area contributed by atoms with Gasteiger partial charge in [-0.1, -0.05) is 25.7 Å². The molecule has 0 aromatic rings. The van der Waals surface area contributed by atoms with Crippen LogP contribution in [0, 0.1) is 17.8 Å². The lowest BCUT2D eigenvalue weighted by Crippen LogP contribution is -2.73. The summed E-state index contributed by atoms with van der Waals surface area (Å²) in [4.78, 5) is 47.0. The maximum Gasteiger partial charge on any atom is 0.407 e. The summed E-state index contributed by atoms with van der Waals surface area (Å²) in [7, 11) is 2.17. The van der Waals surface area contributed by atoms with E-state index in [1.54, 1.807) is 4.90 Å². The Hall–Kier alpha value is -2.24. The molecule has 10 nitrogen and oxygen atoms in total. The summed E-state index contributed by atoms with van der Waals surface area (Å²) in [6.45, 7) is 8.02. The second kappa shape index (κ2) is 13.2. The number of morpholine rings is 1. The molecule has 10 unspecified atom stereocenters. The molecule has 0 aromatic carbocycles. The van der Waals surface area contributed by atoms with Gasteiger partial charge in [-0.2, -0.15) is 0 Å². The van der Waals surface area contributed by atoms with Crippen LogP contribution in [0.1, 0.15) is 91.4 Å². The number of fused-ring (bicyclic) bond motifs is 3. The zero-order valence-electron chi connectivity index (χ0n) is 28.8. The summed E-state index contributed by atoms with van der Waals surface area (Å²) < 4.78 is 28.6. The molecule has 3 aliphatic carbocycles. The Labute approximate surface area is 279 Å². The van der Waals surface area contributed by atoms with E-state index < -0.39 is 35.9 Å². The smallest absolute Gasteiger partial charge is 0.407 e. The number of rotatable bonds is 6. The van der Waals surface area contributed by atoms with Crippen molar-refractivity contribution >= 4 is 17.8 Å². The van der Waals surface area contributed by atoms with Crippen molar-refractivity contribution in [2.24, 2.45) is 17.8 Å². The summed E-state index contributed by atoms with van der Waals surface area (Å²) >= 11 is 0. The number of nitrogens with one attached hydrogen (secondary N) is 2. The molecular formula is C36H56FN5O5. The predicted molar refractivity (Wildman–Crippen MR) is 175 cm³/mol. The van der Waals surface area contributed by atoms with Gasteiger partial charge in [0.25, 0.3) is 5.91 Å². The maximum atomic E-state index is 16.3. The van der Waals surface area contributed by atoms with Crippen molar-refractivity contribution < 1.29 is 28.2 Å². The van der Waals surface area contributed by atoms with Crippen LogP contribution in [0.25, 0.3) is 0 Å². The summed E-state index contributed by atoms with van der Waals surface area (Å²) in [5.74, 6) is 0.0567. The lowest BCUT2D eigenvalue weighted by Gasteiger charge is -2.61. The number of nitrogens with zero attached hydrogens (tertiary/aromatic N) is 3. The Morgan fingerprint density at radius 1 is 1.04 bits per heavy atom. The van der Waals surface area contributed by atoms with Crippen LogP contribution in [0.3, 0.4) is 0 Å². The first-order valence-electron chi connectivity index (χ1n) is 18.5. The van der Waals surface area contributed by atoms with Gasteiger partial charge in [-0.25, -0.2) is 9.18 Å². The first kappa shape index (κ1) is 33.3. The van der Waals surface area contributed by atoms with Gasteiger partial charge in [-0.3, -0.25) is 9.59 Å². The fraction of sp³-hybridized carbons (Fsp3) is 0.861. The second-order valence-corrected chi connectivity index (χ2v) is 16.6. The van der Waals surface area contributed by atoms with Crippen molar-refractivity contribution in [1.82, 2.24) is 25.3 Å². The van der Waals surface area contributed by atoms with Gasteiger partial charge in [0.05, 0.1) is 41.9 Å². The van der Waals surface area contributed by atoms with Crippen LogP contribution in [0.4, 0.5) is 9.18 Å². The van der Waals surface area contributed by atoms with E-state index in [1.165, 1.54) is 38.5 Å². The van der Waals surface area contributed by atoms with Crippen LogP contribution < -0.4 is 10.6 Å². The Balaban J connectivity index is 1.11. The van der Waals surface area contributed by atoms with E-state index in [9.17, 15) is 14.4 Å². The van der Waals surface area contributed by atoms with Gasteiger partial charge in [0.1, 0.15) is 11.8 Å². The number of hydrogen-bond acceptors (Lipinski definition) is 8. The van der Waals surface area contributed by atoms with Gasteiger partial charge in [0.2, 0.25) is 0 Å². The van der Waals surface area contributed by atoms with Gasteiger partial charge in [0.15, 0.2) is 5.78 Å². The first-order chi connectivity index (χ1) is 22.5. The number of Topliss-reactive ketones (excluding diaryl/α,β-unsaturated/α-hetero) is 1. The zero-order valence-corrected chi connectivity index (χ0v) is 28.8. The second-order valence-electron chi connectivity index (χ2n) is 16.6. The van der Waals surface area contributed by atoms with E-state index in [1.807, 2.05) is 27.0 Å². The average molecular weight is 658 g/mol. The normalized spacial score (nSPS) is 40.3. The number of alkyl carbamates (subject to hydrolysis) is 1. The third-order valence-corrected chi connectivity index (χ3v) is 12.4. The van der Waals surface area contributed by atoms with Crippen LogP contribution in [0.2, 0.25) is 0 Å². The Bertz CT molecular complexity index is 1240. The molecule has 7 aliphatic rings. The number of halogens is 1. The van der Waals surface area contributed by atoms with Crippen LogP contribution in [0.15, 0.2) is 11.8 Å². The molecule has 0 spiro atoms. The van der Waals surface area contributed by atoms with Crippen molar-refractivity contribution in [2.45, 2.75) is 146 Å². The van der Waals surface area contributed by atoms with E-state index in [2.05, 4.69) is 27.5 Å². The summed E-state index contributed by atoms with van der Waals surface area (Å²) in [6, 6.07) is -0.409. The molecule has 0 aromatic heterocycles. The highest BCUT2D eigenvalue weighted by molar-refractivity contribution is 6.20. The minimum Gasteiger partial charge on any atom is -0.444 e. The molecule has 3 saturated heterocycles.